The third kappa shape index (κ3) is 2.61. The molecular weight excluding hydrogens is 266 g/mol. The smallest absolute Gasteiger partial charge is 0.325 e. The van der Waals surface area contributed by atoms with Crippen LogP contribution in [0.2, 0.25) is 5.02 Å². The summed E-state index contributed by atoms with van der Waals surface area (Å²) in [4.78, 5) is 11.9. The summed E-state index contributed by atoms with van der Waals surface area (Å²) in [6.07, 6.45) is 0.520. The number of halogens is 1. The van der Waals surface area contributed by atoms with Crippen LogP contribution in [0.4, 0.5) is 0 Å². The molecule has 0 spiro atoms. The van der Waals surface area contributed by atoms with E-state index in [1.807, 2.05) is 18.2 Å². The summed E-state index contributed by atoms with van der Waals surface area (Å²) in [7, 11) is 1.37. The van der Waals surface area contributed by atoms with E-state index in [9.17, 15) is 9.90 Å². The zero-order valence-electron chi connectivity index (χ0n) is 11.0. The number of aliphatic hydroxyl groups excluding tert-OH is 1. The van der Waals surface area contributed by atoms with Crippen molar-refractivity contribution < 1.29 is 14.6 Å². The molecule has 1 aromatic carbocycles. The molecule has 2 N–H and O–H groups in total. The molecule has 1 saturated heterocycles. The molecule has 19 heavy (non-hydrogen) atoms. The first-order valence-corrected chi connectivity index (χ1v) is 6.61. The molecule has 0 aliphatic carbocycles. The minimum atomic E-state index is -0.786. The zero-order valence-corrected chi connectivity index (χ0v) is 11.8. The van der Waals surface area contributed by atoms with E-state index in [2.05, 4.69) is 5.32 Å². The Labute approximate surface area is 117 Å². The maximum atomic E-state index is 11.9. The average Bonchev–Trinajstić information content (AvgIpc) is 2.77. The number of benzene rings is 1. The zero-order chi connectivity index (χ0) is 14.0. The molecule has 1 aliphatic rings. The van der Waals surface area contributed by atoms with Crippen molar-refractivity contribution in [2.45, 2.75) is 24.9 Å². The van der Waals surface area contributed by atoms with E-state index in [1.54, 1.807) is 13.0 Å². The first kappa shape index (κ1) is 14.3. The Morgan fingerprint density at radius 3 is 2.84 bits per heavy atom. The molecule has 2 rings (SSSR count). The molecule has 0 aromatic heterocycles. The lowest BCUT2D eigenvalue weighted by atomic mass is 9.91. The summed E-state index contributed by atoms with van der Waals surface area (Å²) in [6.45, 7) is 1.79. The van der Waals surface area contributed by atoms with Gasteiger partial charge in [-0.25, -0.2) is 0 Å². The fourth-order valence-electron chi connectivity index (χ4n) is 2.76. The van der Waals surface area contributed by atoms with Crippen LogP contribution in [-0.2, 0) is 9.53 Å². The summed E-state index contributed by atoms with van der Waals surface area (Å²) in [5, 5.41) is 13.4. The van der Waals surface area contributed by atoms with Gasteiger partial charge in [-0.1, -0.05) is 29.8 Å². The molecule has 1 heterocycles. The number of nitrogens with one attached hydrogen (secondary N) is 1. The lowest BCUT2D eigenvalue weighted by Crippen LogP contribution is -2.46. The molecule has 1 aromatic rings. The second-order valence-electron chi connectivity index (χ2n) is 5.11. The largest absolute Gasteiger partial charge is 0.468 e. The quantitative estimate of drug-likeness (QED) is 0.832. The lowest BCUT2D eigenvalue weighted by molar-refractivity contribution is -0.147. The summed E-state index contributed by atoms with van der Waals surface area (Å²) in [5.41, 5.74) is 0.113. The monoisotopic (exact) mass is 283 g/mol. The van der Waals surface area contributed by atoms with Gasteiger partial charge < -0.3 is 9.84 Å². The molecular formula is C14H18ClNO3. The molecule has 104 valence electrons. The third-order valence-electron chi connectivity index (χ3n) is 3.73. The van der Waals surface area contributed by atoms with Crippen LogP contribution < -0.4 is 5.32 Å². The van der Waals surface area contributed by atoms with Crippen molar-refractivity contribution in [3.05, 3.63) is 34.9 Å². The highest BCUT2D eigenvalue weighted by molar-refractivity contribution is 6.31. The van der Waals surface area contributed by atoms with Gasteiger partial charge in [-0.3, -0.25) is 10.1 Å². The predicted molar refractivity (Wildman–Crippen MR) is 72.9 cm³/mol. The SMILES string of the molecule is COC(=O)[C@@]1(C)C[C@H](CO)[C@@H](c2ccccc2Cl)N1. The fourth-order valence-corrected chi connectivity index (χ4v) is 3.01. The molecule has 0 saturated carbocycles. The minimum Gasteiger partial charge on any atom is -0.468 e. The minimum absolute atomic E-state index is 0.00449. The van der Waals surface area contributed by atoms with Gasteiger partial charge in [-0.15, -0.1) is 0 Å². The Kier molecular flexibility index (Phi) is 4.13. The highest BCUT2D eigenvalue weighted by Crippen LogP contribution is 2.40. The van der Waals surface area contributed by atoms with Gasteiger partial charge in [0.2, 0.25) is 0 Å². The van der Waals surface area contributed by atoms with Gasteiger partial charge >= 0.3 is 5.97 Å². The number of carbonyl (C=O) groups excluding carboxylic acids is 1. The number of ether oxygens (including phenoxy) is 1. The van der Waals surface area contributed by atoms with Gasteiger partial charge in [0.1, 0.15) is 5.54 Å². The number of esters is 1. The van der Waals surface area contributed by atoms with Crippen molar-refractivity contribution in [1.29, 1.82) is 0 Å². The molecule has 4 nitrogen and oxygen atoms in total. The van der Waals surface area contributed by atoms with Gasteiger partial charge in [-0.2, -0.15) is 0 Å². The third-order valence-corrected chi connectivity index (χ3v) is 4.07. The second kappa shape index (κ2) is 5.49. The van der Waals surface area contributed by atoms with Crippen molar-refractivity contribution >= 4 is 17.6 Å². The molecule has 1 fully saturated rings. The number of aliphatic hydroxyl groups is 1. The van der Waals surface area contributed by atoms with Crippen LogP contribution in [0, 0.1) is 5.92 Å². The van der Waals surface area contributed by atoms with Crippen molar-refractivity contribution in [2.75, 3.05) is 13.7 Å². The molecule has 5 heteroatoms. The van der Waals surface area contributed by atoms with Crippen molar-refractivity contribution in [3.8, 4) is 0 Å². The Morgan fingerprint density at radius 2 is 2.26 bits per heavy atom. The van der Waals surface area contributed by atoms with Crippen LogP contribution in [0.1, 0.15) is 24.9 Å². The predicted octanol–water partition coefficient (Wildman–Crippen LogP) is 1.91. The number of rotatable bonds is 3. The molecule has 0 unspecified atom stereocenters. The molecule has 3 atom stereocenters. The van der Waals surface area contributed by atoms with Gasteiger partial charge in [0.25, 0.3) is 0 Å². The Hall–Kier alpha value is -1.10. The maximum absolute atomic E-state index is 11.9. The number of methoxy groups -OCH3 is 1. The van der Waals surface area contributed by atoms with Crippen molar-refractivity contribution in [1.82, 2.24) is 5.32 Å². The van der Waals surface area contributed by atoms with Crippen LogP contribution in [0.15, 0.2) is 24.3 Å². The van der Waals surface area contributed by atoms with Crippen LogP contribution in [0.3, 0.4) is 0 Å². The topological polar surface area (TPSA) is 58.6 Å². The van der Waals surface area contributed by atoms with Crippen LogP contribution in [0.25, 0.3) is 0 Å². The standard InChI is InChI=1S/C14H18ClNO3/c1-14(13(18)19-2)7-9(8-17)12(16-14)10-5-3-4-6-11(10)15/h3-6,9,12,16-17H,7-8H2,1-2H3/t9-,12+,14-/m1/s1. The van der Waals surface area contributed by atoms with E-state index in [0.29, 0.717) is 11.4 Å². The fraction of sp³-hybridized carbons (Fsp3) is 0.500. The summed E-state index contributed by atoms with van der Waals surface area (Å²) >= 11 is 6.20. The molecule has 1 aliphatic heterocycles. The van der Waals surface area contributed by atoms with Crippen molar-refractivity contribution in [2.24, 2.45) is 5.92 Å². The molecule has 0 amide bonds. The van der Waals surface area contributed by atoms with E-state index >= 15 is 0 Å². The van der Waals surface area contributed by atoms with Gasteiger partial charge in [0.15, 0.2) is 0 Å². The molecule has 0 radical (unpaired) electrons. The average molecular weight is 284 g/mol. The number of hydrogen-bond donors (Lipinski definition) is 2. The lowest BCUT2D eigenvalue weighted by Gasteiger charge is -2.23. The summed E-state index contributed by atoms with van der Waals surface area (Å²) < 4.78 is 4.83. The van der Waals surface area contributed by atoms with Gasteiger partial charge in [-0.05, 0) is 25.0 Å². The van der Waals surface area contributed by atoms with E-state index in [1.165, 1.54) is 7.11 Å². The second-order valence-corrected chi connectivity index (χ2v) is 5.52. The van der Waals surface area contributed by atoms with Crippen LogP contribution >= 0.6 is 11.6 Å². The number of carbonyl (C=O) groups is 1. The normalized spacial score (nSPS) is 30.3. The van der Waals surface area contributed by atoms with Crippen LogP contribution in [-0.4, -0.2) is 30.3 Å². The Balaban J connectivity index is 2.31. The van der Waals surface area contributed by atoms with E-state index in [0.717, 1.165) is 5.56 Å². The molecule has 0 bridgehead atoms. The summed E-state index contributed by atoms with van der Waals surface area (Å²) in [6, 6.07) is 7.31. The maximum Gasteiger partial charge on any atom is 0.325 e. The van der Waals surface area contributed by atoms with Crippen LogP contribution in [0.5, 0.6) is 0 Å². The summed E-state index contributed by atoms with van der Waals surface area (Å²) in [5.74, 6) is -0.385. The van der Waals surface area contributed by atoms with Gasteiger partial charge in [0, 0.05) is 23.6 Å². The van der Waals surface area contributed by atoms with E-state index < -0.39 is 5.54 Å². The Morgan fingerprint density at radius 1 is 1.58 bits per heavy atom. The highest BCUT2D eigenvalue weighted by atomic mass is 35.5. The van der Waals surface area contributed by atoms with E-state index in [-0.39, 0.29) is 24.5 Å². The number of hydrogen-bond acceptors (Lipinski definition) is 4. The highest BCUT2D eigenvalue weighted by Gasteiger charge is 2.47. The van der Waals surface area contributed by atoms with Gasteiger partial charge in [0.05, 0.1) is 7.11 Å². The first-order chi connectivity index (χ1) is 9.01. The Bertz CT molecular complexity index is 480. The van der Waals surface area contributed by atoms with Crippen molar-refractivity contribution in [3.63, 3.8) is 0 Å². The van der Waals surface area contributed by atoms with E-state index in [4.69, 9.17) is 16.3 Å². The first-order valence-electron chi connectivity index (χ1n) is 6.23.